The first kappa shape index (κ1) is 16.6. The first-order valence-electron chi connectivity index (χ1n) is 6.99. The van der Waals surface area contributed by atoms with E-state index < -0.39 is 11.7 Å². The van der Waals surface area contributed by atoms with E-state index in [4.69, 9.17) is 10.5 Å². The molecule has 1 aliphatic rings. The third kappa shape index (κ3) is 3.21. The molecule has 0 spiro atoms. The second-order valence-electron chi connectivity index (χ2n) is 5.58. The van der Waals surface area contributed by atoms with Crippen molar-refractivity contribution in [2.24, 2.45) is 5.73 Å². The summed E-state index contributed by atoms with van der Waals surface area (Å²) in [4.78, 5) is 0. The zero-order chi connectivity index (χ0) is 15.7. The van der Waals surface area contributed by atoms with Gasteiger partial charge in [-0.3, -0.25) is 0 Å². The van der Waals surface area contributed by atoms with Crippen molar-refractivity contribution in [2.45, 2.75) is 43.7 Å². The molecule has 2 nitrogen and oxygen atoms in total. The summed E-state index contributed by atoms with van der Waals surface area (Å²) in [7, 11) is 1.24. The number of nitrogens with two attached hydrogens (primary N) is 1. The molecule has 0 aliphatic heterocycles. The summed E-state index contributed by atoms with van der Waals surface area (Å²) in [5, 5.41) is 0. The Labute approximate surface area is 131 Å². The van der Waals surface area contributed by atoms with Gasteiger partial charge in [-0.15, -0.1) is 0 Å². The fourth-order valence-electron chi connectivity index (χ4n) is 3.16. The van der Waals surface area contributed by atoms with Gasteiger partial charge in [0, 0.05) is 12.0 Å². The van der Waals surface area contributed by atoms with E-state index in [0.29, 0.717) is 16.6 Å². The Hall–Kier alpha value is -0.750. The van der Waals surface area contributed by atoms with Crippen LogP contribution in [-0.2, 0) is 11.6 Å². The minimum absolute atomic E-state index is 0.172. The predicted molar refractivity (Wildman–Crippen MR) is 79.5 cm³/mol. The highest BCUT2D eigenvalue weighted by Gasteiger charge is 2.39. The Morgan fingerprint density at radius 1 is 1.24 bits per heavy atom. The average Bonchev–Trinajstić information content (AvgIpc) is 2.46. The lowest BCUT2D eigenvalue weighted by Crippen LogP contribution is -2.37. The van der Waals surface area contributed by atoms with E-state index in [1.165, 1.54) is 13.2 Å². The quantitative estimate of drug-likeness (QED) is 0.846. The molecule has 0 bridgehead atoms. The molecular weight excluding hydrogens is 347 g/mol. The molecule has 21 heavy (non-hydrogen) atoms. The van der Waals surface area contributed by atoms with E-state index in [1.54, 1.807) is 6.07 Å². The fraction of sp³-hybridized carbons (Fsp3) is 0.600. The molecule has 0 radical (unpaired) electrons. The first-order chi connectivity index (χ1) is 9.84. The third-order valence-corrected chi connectivity index (χ3v) is 4.96. The molecule has 1 fully saturated rings. The van der Waals surface area contributed by atoms with Crippen molar-refractivity contribution in [1.82, 2.24) is 0 Å². The summed E-state index contributed by atoms with van der Waals surface area (Å²) >= 11 is 3.20. The maximum absolute atomic E-state index is 13.3. The fourth-order valence-corrected chi connectivity index (χ4v) is 3.78. The maximum atomic E-state index is 13.3. The van der Waals surface area contributed by atoms with Crippen molar-refractivity contribution < 1.29 is 17.9 Å². The topological polar surface area (TPSA) is 35.2 Å². The van der Waals surface area contributed by atoms with Crippen LogP contribution in [0.15, 0.2) is 16.6 Å². The van der Waals surface area contributed by atoms with Crippen molar-refractivity contribution in [3.05, 3.63) is 27.7 Å². The van der Waals surface area contributed by atoms with Gasteiger partial charge >= 0.3 is 6.18 Å². The molecule has 2 rings (SSSR count). The van der Waals surface area contributed by atoms with E-state index in [2.05, 4.69) is 15.9 Å². The van der Waals surface area contributed by atoms with Crippen molar-refractivity contribution >= 4 is 15.9 Å². The molecule has 1 aromatic rings. The summed E-state index contributed by atoms with van der Waals surface area (Å²) in [6, 6.07) is 2.94. The maximum Gasteiger partial charge on any atom is 0.420 e. The molecule has 1 aliphatic carbocycles. The molecule has 2 N–H and O–H groups in total. The number of methoxy groups -OCH3 is 1. The van der Waals surface area contributed by atoms with Crippen LogP contribution in [0.5, 0.6) is 5.75 Å². The number of ether oxygens (including phenoxy) is 1. The smallest absolute Gasteiger partial charge is 0.420 e. The van der Waals surface area contributed by atoms with Gasteiger partial charge in [0.05, 0.1) is 17.1 Å². The highest BCUT2D eigenvalue weighted by atomic mass is 79.9. The van der Waals surface area contributed by atoms with E-state index in [-0.39, 0.29) is 11.2 Å². The number of rotatable bonds is 3. The SMILES string of the molecule is COc1c(Br)cc(C2(CN)CCCCC2)cc1C(F)(F)F. The van der Waals surface area contributed by atoms with Gasteiger partial charge in [-0.05, 0) is 46.5 Å². The van der Waals surface area contributed by atoms with Crippen molar-refractivity contribution in [3.8, 4) is 5.75 Å². The van der Waals surface area contributed by atoms with E-state index in [1.807, 2.05) is 0 Å². The average molecular weight is 366 g/mol. The van der Waals surface area contributed by atoms with Crippen molar-refractivity contribution in [1.29, 1.82) is 0 Å². The largest absolute Gasteiger partial charge is 0.495 e. The summed E-state index contributed by atoms with van der Waals surface area (Å²) in [5.41, 5.74) is 5.48. The molecule has 1 saturated carbocycles. The molecular formula is C15H19BrF3NO. The monoisotopic (exact) mass is 365 g/mol. The Kier molecular flexibility index (Phi) is 4.88. The normalized spacial score (nSPS) is 18.6. The number of benzene rings is 1. The second-order valence-corrected chi connectivity index (χ2v) is 6.44. The molecule has 0 unspecified atom stereocenters. The zero-order valence-electron chi connectivity index (χ0n) is 11.9. The Morgan fingerprint density at radius 3 is 2.33 bits per heavy atom. The lowest BCUT2D eigenvalue weighted by Gasteiger charge is -2.37. The van der Waals surface area contributed by atoms with Gasteiger partial charge < -0.3 is 10.5 Å². The molecule has 0 atom stereocenters. The van der Waals surface area contributed by atoms with Crippen molar-refractivity contribution in [2.75, 3.05) is 13.7 Å². The molecule has 118 valence electrons. The number of hydrogen-bond donors (Lipinski definition) is 1. The van der Waals surface area contributed by atoms with Gasteiger partial charge in [0.15, 0.2) is 0 Å². The Morgan fingerprint density at radius 2 is 1.86 bits per heavy atom. The first-order valence-corrected chi connectivity index (χ1v) is 7.78. The standard InChI is InChI=1S/C15H19BrF3NO/c1-21-13-11(15(17,18)19)7-10(8-12(13)16)14(9-20)5-3-2-4-6-14/h7-8H,2-6,9,20H2,1H3. The number of alkyl halides is 3. The summed E-state index contributed by atoms with van der Waals surface area (Å²) in [5.74, 6) is -0.172. The Balaban J connectivity index is 2.57. The van der Waals surface area contributed by atoms with Gasteiger partial charge in [-0.25, -0.2) is 0 Å². The van der Waals surface area contributed by atoms with E-state index >= 15 is 0 Å². The van der Waals surface area contributed by atoms with Crippen LogP contribution in [0, 0.1) is 0 Å². The highest BCUT2D eigenvalue weighted by Crippen LogP contribution is 2.46. The molecule has 0 amide bonds. The van der Waals surface area contributed by atoms with E-state index in [9.17, 15) is 13.2 Å². The van der Waals surface area contributed by atoms with Gasteiger partial charge in [0.2, 0.25) is 0 Å². The van der Waals surface area contributed by atoms with Crippen LogP contribution in [0.25, 0.3) is 0 Å². The lowest BCUT2D eigenvalue weighted by atomic mass is 9.69. The van der Waals surface area contributed by atoms with Gasteiger partial charge in [-0.1, -0.05) is 19.3 Å². The molecule has 6 heteroatoms. The Bertz CT molecular complexity index is 510. The molecule has 1 aromatic carbocycles. The van der Waals surface area contributed by atoms with Crippen LogP contribution in [-0.4, -0.2) is 13.7 Å². The number of hydrogen-bond acceptors (Lipinski definition) is 2. The molecule has 0 saturated heterocycles. The highest BCUT2D eigenvalue weighted by molar-refractivity contribution is 9.10. The lowest BCUT2D eigenvalue weighted by molar-refractivity contribution is -0.138. The summed E-state index contributed by atoms with van der Waals surface area (Å²) < 4.78 is 45.0. The minimum atomic E-state index is -4.45. The molecule has 0 aromatic heterocycles. The van der Waals surface area contributed by atoms with Crippen LogP contribution in [0.1, 0.15) is 43.2 Å². The van der Waals surface area contributed by atoms with Crippen LogP contribution < -0.4 is 10.5 Å². The van der Waals surface area contributed by atoms with Crippen molar-refractivity contribution in [3.63, 3.8) is 0 Å². The summed E-state index contributed by atoms with van der Waals surface area (Å²) in [6.07, 6.45) is 0.336. The third-order valence-electron chi connectivity index (χ3n) is 4.37. The minimum Gasteiger partial charge on any atom is -0.495 e. The van der Waals surface area contributed by atoms with Gasteiger partial charge in [-0.2, -0.15) is 13.2 Å². The van der Waals surface area contributed by atoms with Crippen LogP contribution in [0.4, 0.5) is 13.2 Å². The zero-order valence-corrected chi connectivity index (χ0v) is 13.5. The summed E-state index contributed by atoms with van der Waals surface area (Å²) in [6.45, 7) is 0.364. The second kappa shape index (κ2) is 6.16. The predicted octanol–water partition coefficient (Wildman–Crippen LogP) is 4.64. The molecule has 0 heterocycles. The van der Waals surface area contributed by atoms with Crippen LogP contribution in [0.3, 0.4) is 0 Å². The van der Waals surface area contributed by atoms with Crippen LogP contribution in [0.2, 0.25) is 0 Å². The number of halogens is 4. The van der Waals surface area contributed by atoms with Gasteiger partial charge in [0.1, 0.15) is 5.75 Å². The van der Waals surface area contributed by atoms with Crippen LogP contribution >= 0.6 is 15.9 Å². The van der Waals surface area contributed by atoms with Gasteiger partial charge in [0.25, 0.3) is 0 Å². The van der Waals surface area contributed by atoms with E-state index in [0.717, 1.165) is 32.1 Å².